The Morgan fingerprint density at radius 2 is 2.11 bits per heavy atom. The summed E-state index contributed by atoms with van der Waals surface area (Å²) < 4.78 is 4.71. The highest BCUT2D eigenvalue weighted by atomic mass is 16.5. The van der Waals surface area contributed by atoms with Gasteiger partial charge in [-0.15, -0.1) is 0 Å². The number of esters is 1. The van der Waals surface area contributed by atoms with Crippen LogP contribution in [-0.2, 0) is 9.53 Å². The smallest absolute Gasteiger partial charge is 0.338 e. The van der Waals surface area contributed by atoms with Crippen LogP contribution in [0.1, 0.15) is 28.4 Å². The van der Waals surface area contributed by atoms with E-state index in [0.717, 1.165) is 11.1 Å². The number of methoxy groups -OCH3 is 1. The fourth-order valence-corrected chi connectivity index (χ4v) is 1.55. The van der Waals surface area contributed by atoms with Gasteiger partial charge in [0.25, 0.3) is 0 Å². The van der Waals surface area contributed by atoms with Crippen molar-refractivity contribution in [1.29, 1.82) is 0 Å². The summed E-state index contributed by atoms with van der Waals surface area (Å²) in [6, 6.07) is 5.44. The molecular formula is C14H17NO3. The zero-order valence-corrected chi connectivity index (χ0v) is 10.8. The van der Waals surface area contributed by atoms with E-state index in [9.17, 15) is 9.59 Å². The first-order chi connectivity index (χ1) is 8.56. The quantitative estimate of drug-likeness (QED) is 0.827. The third kappa shape index (κ3) is 3.73. The first kappa shape index (κ1) is 14.0. The first-order valence-electron chi connectivity index (χ1n) is 5.65. The van der Waals surface area contributed by atoms with Crippen molar-refractivity contribution in [3.8, 4) is 0 Å². The van der Waals surface area contributed by atoms with Gasteiger partial charge in [-0.2, -0.15) is 0 Å². The summed E-state index contributed by atoms with van der Waals surface area (Å²) >= 11 is 0. The van der Waals surface area contributed by atoms with Crippen molar-refractivity contribution in [1.82, 2.24) is 5.32 Å². The Hall–Kier alpha value is -2.10. The molecule has 1 aromatic carbocycles. The van der Waals surface area contributed by atoms with Gasteiger partial charge in [-0.3, -0.25) is 4.79 Å². The lowest BCUT2D eigenvalue weighted by Gasteiger charge is -2.06. The molecule has 0 spiro atoms. The second-order valence-electron chi connectivity index (χ2n) is 3.85. The Balaban J connectivity index is 2.84. The molecule has 0 saturated heterocycles. The van der Waals surface area contributed by atoms with Crippen LogP contribution in [-0.4, -0.2) is 25.5 Å². The van der Waals surface area contributed by atoms with Crippen molar-refractivity contribution < 1.29 is 14.3 Å². The number of hydrogen-bond donors (Lipinski definition) is 1. The molecular weight excluding hydrogens is 230 g/mol. The van der Waals surface area contributed by atoms with Crippen LogP contribution in [0, 0.1) is 6.92 Å². The SMILES string of the molecule is COC(=O)c1cccc(C=CCNC(C)=O)c1C. The monoisotopic (exact) mass is 247 g/mol. The standard InChI is InChI=1S/C14H17NO3/c1-10-12(7-5-9-15-11(2)16)6-4-8-13(10)14(17)18-3/h4-8H,9H2,1-3H3,(H,15,16). The van der Waals surface area contributed by atoms with Crippen molar-refractivity contribution in [3.63, 3.8) is 0 Å². The molecule has 1 N–H and O–H groups in total. The predicted molar refractivity (Wildman–Crippen MR) is 70.2 cm³/mol. The largest absolute Gasteiger partial charge is 0.465 e. The topological polar surface area (TPSA) is 55.4 Å². The summed E-state index contributed by atoms with van der Waals surface area (Å²) in [5.41, 5.74) is 2.35. The van der Waals surface area contributed by atoms with Crippen LogP contribution in [0.4, 0.5) is 0 Å². The highest BCUT2D eigenvalue weighted by Crippen LogP contribution is 2.16. The Morgan fingerprint density at radius 1 is 1.39 bits per heavy atom. The van der Waals surface area contributed by atoms with E-state index in [4.69, 9.17) is 4.74 Å². The van der Waals surface area contributed by atoms with Gasteiger partial charge in [0.15, 0.2) is 0 Å². The van der Waals surface area contributed by atoms with Crippen LogP contribution >= 0.6 is 0 Å². The molecule has 4 nitrogen and oxygen atoms in total. The molecule has 0 aliphatic heterocycles. The number of carbonyl (C=O) groups is 2. The minimum Gasteiger partial charge on any atom is -0.465 e. The van der Waals surface area contributed by atoms with E-state index in [1.807, 2.05) is 25.1 Å². The summed E-state index contributed by atoms with van der Waals surface area (Å²) in [4.78, 5) is 22.2. The van der Waals surface area contributed by atoms with E-state index in [1.54, 1.807) is 12.1 Å². The van der Waals surface area contributed by atoms with Crippen molar-refractivity contribution in [2.45, 2.75) is 13.8 Å². The minimum absolute atomic E-state index is 0.0697. The normalized spacial score (nSPS) is 10.4. The number of ether oxygens (including phenoxy) is 1. The molecule has 96 valence electrons. The molecule has 0 aliphatic carbocycles. The molecule has 0 saturated carbocycles. The van der Waals surface area contributed by atoms with Gasteiger partial charge in [0.2, 0.25) is 5.91 Å². The minimum atomic E-state index is -0.343. The third-order valence-corrected chi connectivity index (χ3v) is 2.55. The van der Waals surface area contributed by atoms with Crippen LogP contribution in [0.2, 0.25) is 0 Å². The van der Waals surface area contributed by atoms with Crippen LogP contribution in [0.3, 0.4) is 0 Å². The lowest BCUT2D eigenvalue weighted by molar-refractivity contribution is -0.118. The Bertz CT molecular complexity index is 478. The van der Waals surface area contributed by atoms with E-state index in [-0.39, 0.29) is 11.9 Å². The van der Waals surface area contributed by atoms with E-state index in [1.165, 1.54) is 14.0 Å². The van der Waals surface area contributed by atoms with E-state index in [0.29, 0.717) is 12.1 Å². The van der Waals surface area contributed by atoms with Gasteiger partial charge >= 0.3 is 5.97 Å². The third-order valence-electron chi connectivity index (χ3n) is 2.55. The number of benzene rings is 1. The fourth-order valence-electron chi connectivity index (χ4n) is 1.55. The van der Waals surface area contributed by atoms with Crippen LogP contribution in [0.5, 0.6) is 0 Å². The molecule has 1 aromatic rings. The fraction of sp³-hybridized carbons (Fsp3) is 0.286. The van der Waals surface area contributed by atoms with Gasteiger partial charge in [0.1, 0.15) is 0 Å². The molecule has 0 aromatic heterocycles. The summed E-state index contributed by atoms with van der Waals surface area (Å²) in [6.45, 7) is 3.80. The van der Waals surface area contributed by atoms with Gasteiger partial charge < -0.3 is 10.1 Å². The molecule has 0 radical (unpaired) electrons. The second kappa shape index (κ2) is 6.59. The Kier molecular flexibility index (Phi) is 5.11. The Morgan fingerprint density at radius 3 is 2.72 bits per heavy atom. The zero-order chi connectivity index (χ0) is 13.5. The lowest BCUT2D eigenvalue weighted by atomic mass is 10.0. The van der Waals surface area contributed by atoms with E-state index >= 15 is 0 Å². The molecule has 0 bridgehead atoms. The summed E-state index contributed by atoms with van der Waals surface area (Å²) in [6.07, 6.45) is 3.71. The number of amides is 1. The maximum absolute atomic E-state index is 11.5. The van der Waals surface area contributed by atoms with E-state index in [2.05, 4.69) is 5.32 Å². The molecule has 18 heavy (non-hydrogen) atoms. The van der Waals surface area contributed by atoms with Crippen molar-refractivity contribution in [2.24, 2.45) is 0 Å². The maximum Gasteiger partial charge on any atom is 0.338 e. The summed E-state index contributed by atoms with van der Waals surface area (Å²) in [7, 11) is 1.36. The lowest BCUT2D eigenvalue weighted by Crippen LogP contribution is -2.19. The first-order valence-corrected chi connectivity index (χ1v) is 5.65. The van der Waals surface area contributed by atoms with Gasteiger partial charge in [-0.1, -0.05) is 24.3 Å². The van der Waals surface area contributed by atoms with Gasteiger partial charge in [0, 0.05) is 13.5 Å². The average molecular weight is 247 g/mol. The predicted octanol–water partition coefficient (Wildman–Crippen LogP) is 1.93. The van der Waals surface area contributed by atoms with Crippen molar-refractivity contribution >= 4 is 18.0 Å². The zero-order valence-electron chi connectivity index (χ0n) is 10.8. The van der Waals surface area contributed by atoms with Crippen LogP contribution in [0.25, 0.3) is 6.08 Å². The molecule has 0 fully saturated rings. The molecule has 0 heterocycles. The van der Waals surface area contributed by atoms with Gasteiger partial charge in [0.05, 0.1) is 12.7 Å². The van der Waals surface area contributed by atoms with Crippen LogP contribution in [0.15, 0.2) is 24.3 Å². The second-order valence-corrected chi connectivity index (χ2v) is 3.85. The molecule has 1 rings (SSSR count). The summed E-state index contributed by atoms with van der Waals surface area (Å²) in [5, 5.41) is 2.67. The highest BCUT2D eigenvalue weighted by molar-refractivity contribution is 5.92. The number of hydrogen-bond acceptors (Lipinski definition) is 3. The maximum atomic E-state index is 11.5. The van der Waals surface area contributed by atoms with E-state index < -0.39 is 0 Å². The van der Waals surface area contributed by atoms with Gasteiger partial charge in [-0.25, -0.2) is 4.79 Å². The summed E-state index contributed by atoms with van der Waals surface area (Å²) in [5.74, 6) is -0.413. The van der Waals surface area contributed by atoms with Crippen LogP contribution < -0.4 is 5.32 Å². The van der Waals surface area contributed by atoms with Crippen molar-refractivity contribution in [2.75, 3.05) is 13.7 Å². The number of rotatable bonds is 4. The molecule has 1 amide bonds. The highest BCUT2D eigenvalue weighted by Gasteiger charge is 2.09. The number of nitrogens with one attached hydrogen (secondary N) is 1. The molecule has 0 aliphatic rings. The Labute approximate surface area is 107 Å². The average Bonchev–Trinajstić information content (AvgIpc) is 2.35. The molecule has 0 atom stereocenters. The number of carbonyl (C=O) groups excluding carboxylic acids is 2. The molecule has 4 heteroatoms. The van der Waals surface area contributed by atoms with Gasteiger partial charge in [-0.05, 0) is 24.1 Å². The molecule has 0 unspecified atom stereocenters. The van der Waals surface area contributed by atoms with Crippen molar-refractivity contribution in [3.05, 3.63) is 41.0 Å².